The van der Waals surface area contributed by atoms with Crippen LogP contribution < -0.4 is 24.6 Å². The van der Waals surface area contributed by atoms with Crippen LogP contribution >= 0.6 is 11.3 Å². The van der Waals surface area contributed by atoms with Gasteiger partial charge in [-0.1, -0.05) is 41.7 Å². The van der Waals surface area contributed by atoms with E-state index in [-0.39, 0.29) is 12.2 Å². The molecule has 7 rings (SSSR count). The molecule has 2 saturated heterocycles. The highest BCUT2D eigenvalue weighted by molar-refractivity contribution is 7.22. The fraction of sp³-hybridized carbons (Fsp3) is 0.441. The van der Waals surface area contributed by atoms with Gasteiger partial charge in [-0.05, 0) is 66.9 Å². The highest BCUT2D eigenvalue weighted by Crippen LogP contribution is 2.35. The summed E-state index contributed by atoms with van der Waals surface area (Å²) in [4.78, 5) is 9.48. The summed E-state index contributed by atoms with van der Waals surface area (Å²) in [5.41, 5.74) is 4.72. The summed E-state index contributed by atoms with van der Waals surface area (Å²) in [6.07, 6.45) is 2.35. The lowest BCUT2D eigenvalue weighted by molar-refractivity contribution is 0.0106. The van der Waals surface area contributed by atoms with E-state index in [0.29, 0.717) is 12.5 Å². The molecule has 0 saturated carbocycles. The van der Waals surface area contributed by atoms with Crippen molar-refractivity contribution in [1.29, 1.82) is 0 Å². The first-order valence-electron chi connectivity index (χ1n) is 15.4. The molecule has 9 heteroatoms. The number of fused-ring (bicyclic) bond motifs is 2. The quantitative estimate of drug-likeness (QED) is 0.228. The lowest BCUT2D eigenvalue weighted by atomic mass is 9.87. The number of para-hydroxylation sites is 1. The van der Waals surface area contributed by atoms with E-state index in [0.717, 1.165) is 93.2 Å². The van der Waals surface area contributed by atoms with Crippen molar-refractivity contribution in [3.05, 3.63) is 77.9 Å². The number of hydrogen-bond acceptors (Lipinski definition) is 9. The predicted molar refractivity (Wildman–Crippen MR) is 172 cm³/mol. The van der Waals surface area contributed by atoms with Crippen LogP contribution in [0.25, 0.3) is 10.2 Å². The Morgan fingerprint density at radius 1 is 1.07 bits per heavy atom. The van der Waals surface area contributed by atoms with Crippen molar-refractivity contribution in [2.24, 2.45) is 0 Å². The summed E-state index contributed by atoms with van der Waals surface area (Å²) in [5.74, 6) is 2.23. The number of aromatic nitrogens is 1. The number of piperidine rings is 1. The molecule has 0 amide bonds. The van der Waals surface area contributed by atoms with E-state index >= 15 is 0 Å². The predicted octanol–water partition coefficient (Wildman–Crippen LogP) is 5.46. The summed E-state index contributed by atoms with van der Waals surface area (Å²) in [7, 11) is 1.76. The van der Waals surface area contributed by atoms with E-state index in [2.05, 4.69) is 75.8 Å². The van der Waals surface area contributed by atoms with Gasteiger partial charge in [-0.2, -0.15) is 0 Å². The Balaban J connectivity index is 0.938. The largest absolute Gasteiger partial charge is 0.490 e. The van der Waals surface area contributed by atoms with Crippen LogP contribution in [0.4, 0.5) is 10.8 Å². The van der Waals surface area contributed by atoms with Crippen LogP contribution in [-0.4, -0.2) is 76.8 Å². The van der Waals surface area contributed by atoms with Crippen molar-refractivity contribution in [2.75, 3.05) is 69.4 Å². The molecule has 2 unspecified atom stereocenters. The van der Waals surface area contributed by atoms with Crippen molar-refractivity contribution >= 4 is 32.4 Å². The number of benzene rings is 3. The normalized spacial score (nSPS) is 20.5. The molecule has 4 aromatic rings. The zero-order chi connectivity index (χ0) is 29.0. The first-order valence-corrected chi connectivity index (χ1v) is 16.2. The van der Waals surface area contributed by atoms with Crippen LogP contribution in [0.5, 0.6) is 11.5 Å². The molecule has 0 bridgehead atoms. The molecular weight excluding hydrogens is 560 g/mol. The molecule has 226 valence electrons. The van der Waals surface area contributed by atoms with Crippen LogP contribution in [0.3, 0.4) is 0 Å². The average Bonchev–Trinajstić information content (AvgIpc) is 3.46. The van der Waals surface area contributed by atoms with Gasteiger partial charge in [0.25, 0.3) is 0 Å². The van der Waals surface area contributed by atoms with Crippen molar-refractivity contribution in [3.63, 3.8) is 0 Å². The summed E-state index contributed by atoms with van der Waals surface area (Å²) >= 11 is 1.75. The summed E-state index contributed by atoms with van der Waals surface area (Å²) in [6.45, 7) is 7.51. The molecular formula is C34H40N4O4S. The van der Waals surface area contributed by atoms with Gasteiger partial charge in [-0.3, -0.25) is 0 Å². The topological polar surface area (TPSA) is 68.3 Å². The molecule has 0 aliphatic carbocycles. The number of hydrogen-bond donors (Lipinski definition) is 1. The highest BCUT2D eigenvalue weighted by atomic mass is 32.1. The second kappa shape index (κ2) is 13.1. The number of nitrogens with zero attached hydrogens (tertiary/aromatic N) is 3. The number of anilines is 2. The maximum Gasteiger partial charge on any atom is 0.186 e. The van der Waals surface area contributed by atoms with E-state index in [4.69, 9.17) is 23.9 Å². The number of ether oxygens (including phenoxy) is 4. The van der Waals surface area contributed by atoms with E-state index in [9.17, 15) is 0 Å². The number of rotatable bonds is 11. The molecule has 4 heterocycles. The smallest absolute Gasteiger partial charge is 0.186 e. The molecule has 1 aromatic heterocycles. The third-order valence-corrected chi connectivity index (χ3v) is 9.76. The Kier molecular flexibility index (Phi) is 8.65. The summed E-state index contributed by atoms with van der Waals surface area (Å²) in [5, 5.41) is 4.62. The van der Waals surface area contributed by atoms with Gasteiger partial charge in [0.2, 0.25) is 0 Å². The minimum Gasteiger partial charge on any atom is -0.490 e. The van der Waals surface area contributed by atoms with Crippen LogP contribution in [0, 0.1) is 0 Å². The lowest BCUT2D eigenvalue weighted by Crippen LogP contribution is -2.54. The zero-order valence-corrected chi connectivity index (χ0v) is 25.6. The van der Waals surface area contributed by atoms with Crippen LogP contribution in [0.1, 0.15) is 29.9 Å². The van der Waals surface area contributed by atoms with Crippen LogP contribution in [0.15, 0.2) is 66.7 Å². The Hall–Kier alpha value is -3.37. The molecule has 3 aromatic carbocycles. The number of methoxy groups -OCH3 is 1. The number of nitrogens with one attached hydrogen (secondary N) is 1. The molecule has 2 fully saturated rings. The summed E-state index contributed by atoms with van der Waals surface area (Å²) in [6, 6.07) is 23.5. The Labute approximate surface area is 257 Å². The molecule has 2 atom stereocenters. The molecule has 0 radical (unpaired) electrons. The standard InChI is InChI=1S/C34H40N4O4S/c1-39-17-4-15-37-16-18-40-31-12-7-24(19-30(31)37)23-41-32-20-35-14-13-28(32)25-8-10-26(11-9-25)42-27-21-38(22-27)34-36-29-5-2-3-6-33(29)43-34/h2-3,5-12,19,27-28,32,35H,4,13-18,20-23H2,1H3. The van der Waals surface area contributed by atoms with Crippen molar-refractivity contribution in [3.8, 4) is 11.5 Å². The van der Waals surface area contributed by atoms with Gasteiger partial charge >= 0.3 is 0 Å². The Bertz CT molecular complexity index is 1470. The third kappa shape index (κ3) is 6.45. The monoisotopic (exact) mass is 600 g/mol. The lowest BCUT2D eigenvalue weighted by Gasteiger charge is -2.38. The first-order chi connectivity index (χ1) is 21.2. The van der Waals surface area contributed by atoms with Gasteiger partial charge in [0.1, 0.15) is 24.2 Å². The van der Waals surface area contributed by atoms with Crippen LogP contribution in [0.2, 0.25) is 0 Å². The van der Waals surface area contributed by atoms with Gasteiger partial charge in [0.15, 0.2) is 5.13 Å². The van der Waals surface area contributed by atoms with E-state index < -0.39 is 0 Å². The maximum absolute atomic E-state index is 6.57. The molecule has 0 spiro atoms. The van der Waals surface area contributed by atoms with Gasteiger partial charge in [0, 0.05) is 32.7 Å². The summed E-state index contributed by atoms with van der Waals surface area (Å²) < 4.78 is 25.3. The molecule has 43 heavy (non-hydrogen) atoms. The van der Waals surface area contributed by atoms with Crippen LogP contribution in [-0.2, 0) is 16.1 Å². The van der Waals surface area contributed by atoms with Gasteiger partial charge in [-0.25, -0.2) is 4.98 Å². The van der Waals surface area contributed by atoms with E-state index in [1.165, 1.54) is 15.8 Å². The zero-order valence-electron chi connectivity index (χ0n) is 24.7. The number of thiazole rings is 1. The van der Waals surface area contributed by atoms with E-state index in [1.807, 2.05) is 6.07 Å². The molecule has 1 N–H and O–H groups in total. The molecule has 3 aliphatic rings. The van der Waals surface area contributed by atoms with Crippen molar-refractivity contribution in [2.45, 2.75) is 37.6 Å². The van der Waals surface area contributed by atoms with Gasteiger partial charge in [0.05, 0.1) is 48.2 Å². The Morgan fingerprint density at radius 3 is 2.81 bits per heavy atom. The second-order valence-electron chi connectivity index (χ2n) is 11.6. The molecule has 3 aliphatic heterocycles. The fourth-order valence-corrected chi connectivity index (χ4v) is 7.26. The van der Waals surface area contributed by atoms with Gasteiger partial charge in [-0.15, -0.1) is 0 Å². The van der Waals surface area contributed by atoms with Crippen molar-refractivity contribution in [1.82, 2.24) is 10.3 Å². The highest BCUT2D eigenvalue weighted by Gasteiger charge is 2.31. The maximum atomic E-state index is 6.57. The minimum absolute atomic E-state index is 0.111. The first kappa shape index (κ1) is 28.4. The van der Waals surface area contributed by atoms with Gasteiger partial charge < -0.3 is 34.1 Å². The van der Waals surface area contributed by atoms with E-state index in [1.54, 1.807) is 18.4 Å². The van der Waals surface area contributed by atoms with Crippen molar-refractivity contribution < 1.29 is 18.9 Å². The Morgan fingerprint density at radius 2 is 1.95 bits per heavy atom. The fourth-order valence-electron chi connectivity index (χ4n) is 6.28. The SMILES string of the molecule is COCCCN1CCOc2ccc(COC3CNCCC3c3ccc(OC4CN(c5nc6ccccc6s5)C4)cc3)cc21. The minimum atomic E-state index is 0.111. The second-order valence-corrected chi connectivity index (χ2v) is 12.6. The average molecular weight is 601 g/mol. The third-order valence-electron chi connectivity index (χ3n) is 8.66. The molecule has 8 nitrogen and oxygen atoms in total.